The zero-order chi connectivity index (χ0) is 15.7. The van der Waals surface area contributed by atoms with Crippen LogP contribution in [0.1, 0.15) is 23.6 Å². The minimum absolute atomic E-state index is 0.358. The number of nitrogens with zero attached hydrogens (tertiary/aromatic N) is 3. The van der Waals surface area contributed by atoms with Gasteiger partial charge in [-0.15, -0.1) is 0 Å². The second-order valence-electron chi connectivity index (χ2n) is 5.79. The summed E-state index contributed by atoms with van der Waals surface area (Å²) in [5.41, 5.74) is 1.08. The summed E-state index contributed by atoms with van der Waals surface area (Å²) in [5, 5.41) is 7.90. The third-order valence-electron chi connectivity index (χ3n) is 3.91. The standard InChI is InChI=1S/C15H20N4O2S/c1-11-17-15-8-5-13(10-19(15)18-11)16-9-12-3-6-14(7-4-12)22(2,20)21/h3-4,6-7,13,16H,5,8-10H2,1-2H3. The van der Waals surface area contributed by atoms with E-state index in [1.807, 2.05) is 23.7 Å². The van der Waals surface area contributed by atoms with Crippen LogP contribution in [-0.4, -0.2) is 35.5 Å². The van der Waals surface area contributed by atoms with E-state index < -0.39 is 9.84 Å². The Kier molecular flexibility index (Phi) is 4.01. The zero-order valence-corrected chi connectivity index (χ0v) is 13.6. The molecular weight excluding hydrogens is 300 g/mol. The van der Waals surface area contributed by atoms with Gasteiger partial charge in [-0.3, -0.25) is 0 Å². The van der Waals surface area contributed by atoms with E-state index in [2.05, 4.69) is 15.4 Å². The molecule has 0 saturated carbocycles. The van der Waals surface area contributed by atoms with Crippen molar-refractivity contribution in [2.24, 2.45) is 0 Å². The molecule has 1 N–H and O–H groups in total. The molecule has 0 fully saturated rings. The fourth-order valence-electron chi connectivity index (χ4n) is 2.72. The summed E-state index contributed by atoms with van der Waals surface area (Å²) < 4.78 is 24.8. The number of rotatable bonds is 4. The molecule has 1 aromatic heterocycles. The second-order valence-corrected chi connectivity index (χ2v) is 7.81. The largest absolute Gasteiger partial charge is 0.308 e. The Balaban J connectivity index is 1.59. The number of nitrogens with one attached hydrogen (secondary N) is 1. The lowest BCUT2D eigenvalue weighted by Crippen LogP contribution is -2.37. The van der Waals surface area contributed by atoms with Crippen molar-refractivity contribution in [3.63, 3.8) is 0 Å². The summed E-state index contributed by atoms with van der Waals surface area (Å²) in [4.78, 5) is 4.76. The maximum absolute atomic E-state index is 11.4. The highest BCUT2D eigenvalue weighted by Gasteiger charge is 2.20. The maximum atomic E-state index is 11.4. The van der Waals surface area contributed by atoms with Gasteiger partial charge in [-0.2, -0.15) is 5.10 Å². The third kappa shape index (κ3) is 3.36. The molecule has 2 heterocycles. The van der Waals surface area contributed by atoms with Crippen LogP contribution in [0.4, 0.5) is 0 Å². The predicted octanol–water partition coefficient (Wildman–Crippen LogP) is 1.09. The Hall–Kier alpha value is -1.73. The highest BCUT2D eigenvalue weighted by molar-refractivity contribution is 7.90. The van der Waals surface area contributed by atoms with Crippen LogP contribution < -0.4 is 5.32 Å². The Morgan fingerprint density at radius 3 is 2.73 bits per heavy atom. The van der Waals surface area contributed by atoms with Gasteiger partial charge < -0.3 is 5.32 Å². The van der Waals surface area contributed by atoms with Gasteiger partial charge in [-0.1, -0.05) is 12.1 Å². The summed E-state index contributed by atoms with van der Waals surface area (Å²) in [7, 11) is -3.13. The molecule has 22 heavy (non-hydrogen) atoms. The molecule has 118 valence electrons. The number of aryl methyl sites for hydroxylation is 2. The van der Waals surface area contributed by atoms with E-state index >= 15 is 0 Å². The number of aromatic nitrogens is 3. The summed E-state index contributed by atoms with van der Waals surface area (Å²) in [6.45, 7) is 3.46. The molecule has 1 aromatic carbocycles. The van der Waals surface area contributed by atoms with Crippen molar-refractivity contribution in [1.29, 1.82) is 0 Å². The van der Waals surface area contributed by atoms with Crippen molar-refractivity contribution >= 4 is 9.84 Å². The quantitative estimate of drug-likeness (QED) is 0.913. The van der Waals surface area contributed by atoms with E-state index in [1.165, 1.54) is 6.26 Å². The van der Waals surface area contributed by atoms with Crippen LogP contribution in [-0.2, 0) is 29.3 Å². The first kappa shape index (κ1) is 15.2. The van der Waals surface area contributed by atoms with Crippen molar-refractivity contribution < 1.29 is 8.42 Å². The van der Waals surface area contributed by atoms with Crippen LogP contribution in [0.2, 0.25) is 0 Å². The van der Waals surface area contributed by atoms with Gasteiger partial charge in [0.05, 0.1) is 11.4 Å². The topological polar surface area (TPSA) is 76.9 Å². The molecule has 0 amide bonds. The van der Waals surface area contributed by atoms with E-state index in [1.54, 1.807) is 12.1 Å². The van der Waals surface area contributed by atoms with Gasteiger partial charge in [-0.05, 0) is 31.0 Å². The zero-order valence-electron chi connectivity index (χ0n) is 12.8. The maximum Gasteiger partial charge on any atom is 0.175 e. The van der Waals surface area contributed by atoms with E-state index in [9.17, 15) is 8.42 Å². The highest BCUT2D eigenvalue weighted by atomic mass is 32.2. The van der Waals surface area contributed by atoms with E-state index in [4.69, 9.17) is 0 Å². The molecular formula is C15H20N4O2S. The lowest BCUT2D eigenvalue weighted by Gasteiger charge is -2.23. The molecule has 0 radical (unpaired) electrons. The van der Waals surface area contributed by atoms with Gasteiger partial charge in [0.25, 0.3) is 0 Å². The first-order valence-corrected chi connectivity index (χ1v) is 9.23. The van der Waals surface area contributed by atoms with Crippen molar-refractivity contribution in [2.45, 2.75) is 43.8 Å². The molecule has 0 aliphatic carbocycles. The van der Waals surface area contributed by atoms with Gasteiger partial charge in [0.2, 0.25) is 0 Å². The highest BCUT2D eigenvalue weighted by Crippen LogP contribution is 2.14. The molecule has 1 unspecified atom stereocenters. The average molecular weight is 320 g/mol. The molecule has 1 aliphatic rings. The van der Waals surface area contributed by atoms with Crippen molar-refractivity contribution in [3.8, 4) is 0 Å². The van der Waals surface area contributed by atoms with Crippen LogP contribution in [0, 0.1) is 6.92 Å². The van der Waals surface area contributed by atoms with Gasteiger partial charge in [0, 0.05) is 25.3 Å². The molecule has 0 bridgehead atoms. The Morgan fingerprint density at radius 2 is 2.05 bits per heavy atom. The SMILES string of the molecule is Cc1nc2n(n1)CC(NCc1ccc(S(C)(=O)=O)cc1)CC2. The summed E-state index contributed by atoms with van der Waals surface area (Å²) >= 11 is 0. The van der Waals surface area contributed by atoms with Gasteiger partial charge in [0.15, 0.2) is 9.84 Å². The molecule has 1 aliphatic heterocycles. The van der Waals surface area contributed by atoms with Crippen LogP contribution in [0.3, 0.4) is 0 Å². The number of fused-ring (bicyclic) bond motifs is 1. The van der Waals surface area contributed by atoms with E-state index in [0.29, 0.717) is 10.9 Å². The first-order chi connectivity index (χ1) is 10.4. The summed E-state index contributed by atoms with van der Waals surface area (Å²) in [6, 6.07) is 7.40. The van der Waals surface area contributed by atoms with Crippen molar-refractivity contribution in [3.05, 3.63) is 41.5 Å². The molecule has 7 heteroatoms. The number of benzene rings is 1. The Bertz CT molecular complexity index is 765. The van der Waals surface area contributed by atoms with Gasteiger partial charge in [0.1, 0.15) is 11.6 Å². The number of hydrogen-bond acceptors (Lipinski definition) is 5. The van der Waals surface area contributed by atoms with E-state index in [0.717, 1.165) is 43.1 Å². The molecule has 2 aromatic rings. The Labute approximate surface area is 130 Å². The smallest absolute Gasteiger partial charge is 0.175 e. The minimum Gasteiger partial charge on any atom is -0.308 e. The number of hydrogen-bond donors (Lipinski definition) is 1. The normalized spacial score (nSPS) is 18.2. The molecule has 0 spiro atoms. The molecule has 6 nitrogen and oxygen atoms in total. The molecule has 1 atom stereocenters. The molecule has 3 rings (SSSR count). The van der Waals surface area contributed by atoms with Crippen LogP contribution in [0.5, 0.6) is 0 Å². The van der Waals surface area contributed by atoms with Crippen LogP contribution in [0.25, 0.3) is 0 Å². The van der Waals surface area contributed by atoms with Crippen molar-refractivity contribution in [1.82, 2.24) is 20.1 Å². The van der Waals surface area contributed by atoms with E-state index in [-0.39, 0.29) is 0 Å². The summed E-state index contributed by atoms with van der Waals surface area (Å²) in [6.07, 6.45) is 3.20. The lowest BCUT2D eigenvalue weighted by molar-refractivity contribution is 0.357. The Morgan fingerprint density at radius 1 is 1.32 bits per heavy atom. The fourth-order valence-corrected chi connectivity index (χ4v) is 3.35. The van der Waals surface area contributed by atoms with Crippen LogP contribution in [0.15, 0.2) is 29.2 Å². The number of sulfone groups is 1. The van der Waals surface area contributed by atoms with Crippen molar-refractivity contribution in [2.75, 3.05) is 6.26 Å². The van der Waals surface area contributed by atoms with Gasteiger partial charge >= 0.3 is 0 Å². The molecule has 0 saturated heterocycles. The fraction of sp³-hybridized carbons (Fsp3) is 0.467. The van der Waals surface area contributed by atoms with Gasteiger partial charge in [-0.25, -0.2) is 18.1 Å². The summed E-state index contributed by atoms with van der Waals surface area (Å²) in [5.74, 6) is 1.89. The monoisotopic (exact) mass is 320 g/mol. The lowest BCUT2D eigenvalue weighted by atomic mass is 10.1. The first-order valence-electron chi connectivity index (χ1n) is 7.34. The van der Waals surface area contributed by atoms with Crippen LogP contribution >= 0.6 is 0 Å². The average Bonchev–Trinajstić information content (AvgIpc) is 2.84. The third-order valence-corrected chi connectivity index (χ3v) is 5.04. The second kappa shape index (κ2) is 5.81. The minimum atomic E-state index is -3.13. The predicted molar refractivity (Wildman–Crippen MR) is 83.3 cm³/mol.